The Kier molecular flexibility index (Phi) is 12.9. The van der Waals surface area contributed by atoms with Crippen molar-refractivity contribution in [2.75, 3.05) is 45.8 Å². The maximum absolute atomic E-state index is 4.90. The van der Waals surface area contributed by atoms with Gasteiger partial charge >= 0.3 is 0 Å². The normalized spacial score (nSPS) is 25.3. The second-order valence-corrected chi connectivity index (χ2v) is 8.34. The van der Waals surface area contributed by atoms with Crippen molar-refractivity contribution in [3.8, 4) is 0 Å². The summed E-state index contributed by atoms with van der Waals surface area (Å²) in [7, 11) is 0. The first-order valence-corrected chi connectivity index (χ1v) is 11.1. The van der Waals surface area contributed by atoms with E-state index in [-0.39, 0.29) is 24.0 Å². The second-order valence-electron chi connectivity index (χ2n) is 8.34. The van der Waals surface area contributed by atoms with Crippen LogP contribution in [0.5, 0.6) is 0 Å². The van der Waals surface area contributed by atoms with Crippen LogP contribution in [0.4, 0.5) is 0 Å². The van der Waals surface area contributed by atoms with Crippen molar-refractivity contribution in [3.05, 3.63) is 0 Å². The van der Waals surface area contributed by atoms with Gasteiger partial charge in [0.05, 0.1) is 0 Å². The van der Waals surface area contributed by atoms with E-state index in [0.29, 0.717) is 12.0 Å². The van der Waals surface area contributed by atoms with Crippen LogP contribution in [0.15, 0.2) is 4.99 Å². The van der Waals surface area contributed by atoms with Crippen molar-refractivity contribution in [3.63, 3.8) is 0 Å². The first-order valence-electron chi connectivity index (χ1n) is 11.1. The number of hydrogen-bond acceptors (Lipinski definition) is 3. The van der Waals surface area contributed by atoms with Crippen molar-refractivity contribution in [1.82, 2.24) is 20.4 Å². The van der Waals surface area contributed by atoms with Crippen molar-refractivity contribution in [2.45, 2.75) is 78.3 Å². The first kappa shape index (κ1) is 25.0. The summed E-state index contributed by atoms with van der Waals surface area (Å²) in [5, 5.41) is 7.00. The van der Waals surface area contributed by atoms with Gasteiger partial charge in [-0.25, -0.2) is 0 Å². The molecular formula is C21H44IN5. The van der Waals surface area contributed by atoms with Crippen LogP contribution in [0.25, 0.3) is 0 Å². The zero-order valence-electron chi connectivity index (χ0n) is 18.2. The fraction of sp³-hybridized carbons (Fsp3) is 0.952. The monoisotopic (exact) mass is 493 g/mol. The minimum atomic E-state index is 0. The Labute approximate surface area is 185 Å². The van der Waals surface area contributed by atoms with Gasteiger partial charge in [0.25, 0.3) is 0 Å². The Balaban J connectivity index is 0.00000364. The Morgan fingerprint density at radius 2 is 1.89 bits per heavy atom. The molecular weight excluding hydrogens is 449 g/mol. The molecule has 0 bridgehead atoms. The lowest BCUT2D eigenvalue weighted by molar-refractivity contribution is 0.143. The van der Waals surface area contributed by atoms with Crippen LogP contribution in [-0.4, -0.2) is 73.7 Å². The van der Waals surface area contributed by atoms with Gasteiger partial charge in [0.2, 0.25) is 0 Å². The molecule has 0 aliphatic carbocycles. The fourth-order valence-electron chi connectivity index (χ4n) is 4.41. The summed E-state index contributed by atoms with van der Waals surface area (Å²) in [6.45, 7) is 16.8. The number of nitrogens with one attached hydrogen (secondary N) is 2. The van der Waals surface area contributed by atoms with Gasteiger partial charge in [0.15, 0.2) is 5.96 Å². The lowest BCUT2D eigenvalue weighted by Crippen LogP contribution is -2.46. The van der Waals surface area contributed by atoms with Crippen molar-refractivity contribution >= 4 is 29.9 Å². The molecule has 0 amide bonds. The molecule has 2 heterocycles. The molecule has 0 saturated carbocycles. The lowest BCUT2D eigenvalue weighted by atomic mass is 9.97. The summed E-state index contributed by atoms with van der Waals surface area (Å²) >= 11 is 0. The van der Waals surface area contributed by atoms with Crippen LogP contribution in [-0.2, 0) is 0 Å². The number of piperidine rings is 2. The van der Waals surface area contributed by atoms with Crippen molar-refractivity contribution in [1.29, 1.82) is 0 Å². The van der Waals surface area contributed by atoms with E-state index in [4.69, 9.17) is 4.99 Å². The van der Waals surface area contributed by atoms with E-state index in [9.17, 15) is 0 Å². The van der Waals surface area contributed by atoms with E-state index in [1.54, 1.807) is 0 Å². The molecule has 2 N–H and O–H groups in total. The summed E-state index contributed by atoms with van der Waals surface area (Å²) in [5.74, 6) is 1.70. The third-order valence-electron chi connectivity index (χ3n) is 6.04. The number of halogens is 1. The standard InChI is InChI=1S/C21H43N5.HI/c1-5-20-11-7-8-13-25(20)15-12-23-21(22-6-2)24-16-19-10-9-14-26(17-19)18(3)4;/h18-20H,5-17H2,1-4H3,(H2,22,23,24);1H. The molecule has 0 aromatic rings. The molecule has 0 aromatic carbocycles. The van der Waals surface area contributed by atoms with Crippen LogP contribution in [0.3, 0.4) is 0 Å². The van der Waals surface area contributed by atoms with Gasteiger partial charge in [-0.1, -0.05) is 13.3 Å². The van der Waals surface area contributed by atoms with Crippen LogP contribution in [0.2, 0.25) is 0 Å². The number of hydrogen-bond donors (Lipinski definition) is 2. The van der Waals surface area contributed by atoms with Crippen molar-refractivity contribution in [2.24, 2.45) is 10.9 Å². The molecule has 27 heavy (non-hydrogen) atoms. The van der Waals surface area contributed by atoms with Crippen LogP contribution in [0, 0.1) is 5.92 Å². The molecule has 2 unspecified atom stereocenters. The van der Waals surface area contributed by atoms with Gasteiger partial charge in [-0.3, -0.25) is 9.89 Å². The largest absolute Gasteiger partial charge is 0.357 e. The molecule has 2 aliphatic rings. The van der Waals surface area contributed by atoms with E-state index >= 15 is 0 Å². The average molecular weight is 494 g/mol. The van der Waals surface area contributed by atoms with Crippen LogP contribution in [0.1, 0.15) is 66.2 Å². The van der Waals surface area contributed by atoms with Gasteiger partial charge in [-0.05, 0) is 71.9 Å². The number of nitrogens with zero attached hydrogens (tertiary/aromatic N) is 3. The highest BCUT2D eigenvalue weighted by atomic mass is 127. The molecule has 0 radical (unpaired) electrons. The Bertz CT molecular complexity index is 415. The molecule has 5 nitrogen and oxygen atoms in total. The molecule has 2 rings (SSSR count). The van der Waals surface area contributed by atoms with Crippen LogP contribution < -0.4 is 10.6 Å². The van der Waals surface area contributed by atoms with Gasteiger partial charge in [-0.15, -0.1) is 24.0 Å². The molecule has 6 heteroatoms. The first-order chi connectivity index (χ1) is 12.6. The average Bonchev–Trinajstić information content (AvgIpc) is 2.66. The number of rotatable bonds is 8. The lowest BCUT2D eigenvalue weighted by Gasteiger charge is -2.35. The molecule has 2 fully saturated rings. The molecule has 0 aromatic heterocycles. The van der Waals surface area contributed by atoms with E-state index in [2.05, 4.69) is 48.1 Å². The number of guanidine groups is 1. The molecule has 0 spiro atoms. The smallest absolute Gasteiger partial charge is 0.191 e. The maximum Gasteiger partial charge on any atom is 0.191 e. The van der Waals surface area contributed by atoms with Crippen molar-refractivity contribution < 1.29 is 0 Å². The molecule has 2 saturated heterocycles. The zero-order valence-corrected chi connectivity index (χ0v) is 20.5. The zero-order chi connectivity index (χ0) is 18.8. The SMILES string of the molecule is CCNC(=NCC1CCCN(C(C)C)C1)NCCN1CCCCC1CC.I. The van der Waals surface area contributed by atoms with Gasteiger partial charge < -0.3 is 15.5 Å². The van der Waals surface area contributed by atoms with E-state index in [1.807, 2.05) is 0 Å². The second kappa shape index (κ2) is 14.0. The minimum absolute atomic E-state index is 0. The quantitative estimate of drug-likeness (QED) is 0.309. The Morgan fingerprint density at radius 1 is 1.07 bits per heavy atom. The van der Waals surface area contributed by atoms with Gasteiger partial charge in [0.1, 0.15) is 0 Å². The summed E-state index contributed by atoms with van der Waals surface area (Å²) in [5.41, 5.74) is 0. The highest BCUT2D eigenvalue weighted by Crippen LogP contribution is 2.19. The fourth-order valence-corrected chi connectivity index (χ4v) is 4.41. The number of aliphatic imine (C=N–C) groups is 1. The molecule has 160 valence electrons. The number of likely N-dealkylation sites (tertiary alicyclic amines) is 2. The minimum Gasteiger partial charge on any atom is -0.357 e. The Hall–Kier alpha value is -0.0800. The van der Waals surface area contributed by atoms with Crippen LogP contribution >= 0.6 is 24.0 Å². The third kappa shape index (κ3) is 8.86. The highest BCUT2D eigenvalue weighted by molar-refractivity contribution is 14.0. The van der Waals surface area contributed by atoms with Gasteiger partial charge in [-0.2, -0.15) is 0 Å². The summed E-state index contributed by atoms with van der Waals surface area (Å²) in [4.78, 5) is 10.2. The summed E-state index contributed by atoms with van der Waals surface area (Å²) < 4.78 is 0. The Morgan fingerprint density at radius 3 is 2.59 bits per heavy atom. The summed E-state index contributed by atoms with van der Waals surface area (Å²) in [6.07, 6.45) is 8.05. The molecule has 2 atom stereocenters. The van der Waals surface area contributed by atoms with Gasteiger partial charge in [0, 0.05) is 44.8 Å². The highest BCUT2D eigenvalue weighted by Gasteiger charge is 2.22. The predicted octanol–water partition coefficient (Wildman–Crippen LogP) is 3.54. The van der Waals surface area contributed by atoms with E-state index < -0.39 is 0 Å². The van der Waals surface area contributed by atoms with E-state index in [0.717, 1.165) is 38.2 Å². The maximum atomic E-state index is 4.90. The molecule has 2 aliphatic heterocycles. The topological polar surface area (TPSA) is 42.9 Å². The summed E-state index contributed by atoms with van der Waals surface area (Å²) in [6, 6.07) is 1.44. The third-order valence-corrected chi connectivity index (χ3v) is 6.04. The van der Waals surface area contributed by atoms with E-state index in [1.165, 1.54) is 58.2 Å². The predicted molar refractivity (Wildman–Crippen MR) is 128 cm³/mol.